The summed E-state index contributed by atoms with van der Waals surface area (Å²) in [4.78, 5) is 2.43. The summed E-state index contributed by atoms with van der Waals surface area (Å²) in [7, 11) is 4.25. The minimum atomic E-state index is 1.11. The first kappa shape index (κ1) is 22.2. The van der Waals surface area contributed by atoms with E-state index in [1.54, 1.807) is 0 Å². The van der Waals surface area contributed by atoms with Crippen molar-refractivity contribution < 1.29 is 0 Å². The van der Waals surface area contributed by atoms with Gasteiger partial charge in [-0.1, -0.05) is 78.6 Å². The Morgan fingerprint density at radius 3 is 1.60 bits per heavy atom. The van der Waals surface area contributed by atoms with E-state index in [-0.39, 0.29) is 0 Å². The van der Waals surface area contributed by atoms with Gasteiger partial charge in [0, 0.05) is 13.1 Å². The van der Waals surface area contributed by atoms with E-state index in [1.807, 2.05) is 20.9 Å². The monoisotopic (exact) mass is 286 g/mol. The molecular weight excluding hydrogens is 244 g/mol. The van der Waals surface area contributed by atoms with E-state index in [1.165, 1.54) is 77.3 Å². The van der Waals surface area contributed by atoms with Gasteiger partial charge in [0.05, 0.1) is 0 Å². The third kappa shape index (κ3) is 20.2. The Hall–Kier alpha value is -0.0800. The van der Waals surface area contributed by atoms with Gasteiger partial charge in [-0.15, -0.1) is 0 Å². The molecular formula is C18H42N2. The number of rotatable bonds is 14. The topological polar surface area (TPSA) is 15.3 Å². The number of nitrogens with zero attached hydrogens (tertiary/aromatic N) is 1. The molecule has 0 aromatic carbocycles. The van der Waals surface area contributed by atoms with Crippen molar-refractivity contribution in [1.29, 1.82) is 0 Å². The molecule has 20 heavy (non-hydrogen) atoms. The highest BCUT2D eigenvalue weighted by Crippen LogP contribution is 2.10. The Morgan fingerprint density at radius 2 is 1.15 bits per heavy atom. The Labute approximate surface area is 129 Å². The Morgan fingerprint density at radius 1 is 0.700 bits per heavy atom. The van der Waals surface area contributed by atoms with Crippen molar-refractivity contribution in [3.8, 4) is 0 Å². The van der Waals surface area contributed by atoms with Gasteiger partial charge >= 0.3 is 0 Å². The maximum Gasteiger partial charge on any atom is 0.0104 e. The Kier molecular flexibility index (Phi) is 23.6. The van der Waals surface area contributed by atoms with E-state index in [4.69, 9.17) is 0 Å². The second-order valence-electron chi connectivity index (χ2n) is 5.59. The van der Waals surface area contributed by atoms with E-state index in [2.05, 4.69) is 24.2 Å². The van der Waals surface area contributed by atoms with E-state index >= 15 is 0 Å². The number of unbranched alkanes of at least 4 members (excludes halogenated alkanes) is 9. The molecule has 0 aliphatic carbocycles. The van der Waals surface area contributed by atoms with Crippen LogP contribution in [0, 0.1) is 0 Å². The molecule has 0 rings (SSSR count). The van der Waals surface area contributed by atoms with Crippen molar-refractivity contribution >= 4 is 0 Å². The molecule has 0 aliphatic heterocycles. The van der Waals surface area contributed by atoms with Gasteiger partial charge in [-0.25, -0.2) is 0 Å². The lowest BCUT2D eigenvalue weighted by Crippen LogP contribution is -2.28. The van der Waals surface area contributed by atoms with Crippen LogP contribution >= 0.6 is 0 Å². The van der Waals surface area contributed by atoms with Crippen molar-refractivity contribution in [3.63, 3.8) is 0 Å². The molecule has 0 aromatic heterocycles. The van der Waals surface area contributed by atoms with E-state index in [9.17, 15) is 0 Å². The lowest BCUT2D eigenvalue weighted by molar-refractivity contribution is 0.325. The molecule has 0 spiro atoms. The van der Waals surface area contributed by atoms with Gasteiger partial charge in [0.2, 0.25) is 0 Å². The van der Waals surface area contributed by atoms with Gasteiger partial charge in [0.15, 0.2) is 0 Å². The van der Waals surface area contributed by atoms with Crippen LogP contribution in [0.3, 0.4) is 0 Å². The van der Waals surface area contributed by atoms with Gasteiger partial charge in [0.1, 0.15) is 0 Å². The lowest BCUT2D eigenvalue weighted by Gasteiger charge is -2.15. The fourth-order valence-corrected chi connectivity index (χ4v) is 2.28. The summed E-state index contributed by atoms with van der Waals surface area (Å²) >= 11 is 0. The first-order valence-electron chi connectivity index (χ1n) is 9.14. The van der Waals surface area contributed by atoms with Crippen molar-refractivity contribution in [2.24, 2.45) is 0 Å². The van der Waals surface area contributed by atoms with Gasteiger partial charge in [-0.05, 0) is 27.1 Å². The fraction of sp³-hybridized carbons (Fsp3) is 1.00. The van der Waals surface area contributed by atoms with Crippen LogP contribution < -0.4 is 5.32 Å². The highest BCUT2D eigenvalue weighted by Gasteiger charge is 1.97. The molecule has 0 atom stereocenters. The van der Waals surface area contributed by atoms with Crippen LogP contribution in [-0.2, 0) is 0 Å². The highest BCUT2D eigenvalue weighted by molar-refractivity contribution is 4.54. The van der Waals surface area contributed by atoms with Gasteiger partial charge < -0.3 is 10.2 Å². The molecule has 0 aliphatic rings. The first-order valence-corrected chi connectivity index (χ1v) is 9.14. The fourth-order valence-electron chi connectivity index (χ4n) is 2.28. The zero-order chi connectivity index (χ0) is 15.5. The Balaban J connectivity index is 0. The molecule has 0 aromatic rings. The Bertz CT molecular complexity index is 148. The molecule has 1 N–H and O–H groups in total. The predicted octanol–water partition coefficient (Wildman–Crippen LogP) is 5.08. The van der Waals surface area contributed by atoms with Crippen LogP contribution in [0.4, 0.5) is 0 Å². The normalized spacial score (nSPS) is 10.5. The summed E-state index contributed by atoms with van der Waals surface area (Å²) in [5.74, 6) is 0. The van der Waals surface area contributed by atoms with E-state index in [0.29, 0.717) is 0 Å². The van der Waals surface area contributed by atoms with Gasteiger partial charge in [0.25, 0.3) is 0 Å². The second kappa shape index (κ2) is 21.2. The highest BCUT2D eigenvalue weighted by atomic mass is 15.1. The second-order valence-corrected chi connectivity index (χ2v) is 5.59. The van der Waals surface area contributed by atoms with E-state index < -0.39 is 0 Å². The molecule has 0 amide bonds. The van der Waals surface area contributed by atoms with Crippen molar-refractivity contribution in [2.75, 3.05) is 33.7 Å². The minimum Gasteiger partial charge on any atom is -0.318 e. The third-order valence-electron chi connectivity index (χ3n) is 3.64. The summed E-state index contributed by atoms with van der Waals surface area (Å²) in [6.07, 6.45) is 14.3. The van der Waals surface area contributed by atoms with Crippen LogP contribution in [0.1, 0.15) is 85.0 Å². The molecule has 2 nitrogen and oxygen atoms in total. The molecule has 0 unspecified atom stereocenters. The molecule has 0 fully saturated rings. The molecule has 0 saturated heterocycles. The van der Waals surface area contributed by atoms with Crippen LogP contribution in [0.15, 0.2) is 0 Å². The largest absolute Gasteiger partial charge is 0.318 e. The van der Waals surface area contributed by atoms with Crippen LogP contribution in [0.5, 0.6) is 0 Å². The summed E-state index contributed by atoms with van der Waals surface area (Å²) in [5.41, 5.74) is 0. The number of nitrogens with one attached hydrogen (secondary N) is 1. The summed E-state index contributed by atoms with van der Waals surface area (Å²) < 4.78 is 0. The molecule has 2 heteroatoms. The van der Waals surface area contributed by atoms with Crippen molar-refractivity contribution in [1.82, 2.24) is 10.2 Å². The summed E-state index contributed by atoms with van der Waals surface area (Å²) in [6.45, 7) is 9.83. The standard InChI is InChI=1S/C16H36N2.C2H6/c1-4-5-6-7-8-9-10-11-12-13-15-18(3)16-14-17-2;1-2/h17H,4-16H2,1-3H3;1-2H3. The average Bonchev–Trinajstić information content (AvgIpc) is 2.49. The zero-order valence-corrected chi connectivity index (χ0v) is 15.1. The number of likely N-dealkylation sites (N-methyl/N-ethyl adjacent to an activating group) is 2. The SMILES string of the molecule is CC.CCCCCCCCCCCCN(C)CCNC. The maximum atomic E-state index is 3.20. The maximum absolute atomic E-state index is 3.20. The van der Waals surface area contributed by atoms with Crippen LogP contribution in [0.25, 0.3) is 0 Å². The number of hydrogen-bond donors (Lipinski definition) is 1. The van der Waals surface area contributed by atoms with Crippen LogP contribution in [-0.4, -0.2) is 38.6 Å². The zero-order valence-electron chi connectivity index (χ0n) is 15.1. The summed E-state index contributed by atoms with van der Waals surface area (Å²) in [5, 5.41) is 3.20. The van der Waals surface area contributed by atoms with Gasteiger partial charge in [-0.2, -0.15) is 0 Å². The first-order chi connectivity index (χ1) is 9.81. The minimum absolute atomic E-state index is 1.11. The van der Waals surface area contributed by atoms with Crippen molar-refractivity contribution in [3.05, 3.63) is 0 Å². The quantitative estimate of drug-likeness (QED) is 0.448. The van der Waals surface area contributed by atoms with Crippen LogP contribution in [0.2, 0.25) is 0 Å². The lowest BCUT2D eigenvalue weighted by atomic mass is 10.1. The van der Waals surface area contributed by atoms with E-state index in [0.717, 1.165) is 6.54 Å². The molecule has 0 radical (unpaired) electrons. The number of hydrogen-bond acceptors (Lipinski definition) is 2. The summed E-state index contributed by atoms with van der Waals surface area (Å²) in [6, 6.07) is 0. The molecule has 0 saturated carbocycles. The molecule has 0 heterocycles. The molecule has 124 valence electrons. The van der Waals surface area contributed by atoms with Gasteiger partial charge in [-0.3, -0.25) is 0 Å². The molecule has 0 bridgehead atoms. The van der Waals surface area contributed by atoms with Crippen molar-refractivity contribution in [2.45, 2.75) is 85.0 Å². The average molecular weight is 287 g/mol. The predicted molar refractivity (Wildman–Crippen MR) is 94.6 cm³/mol. The third-order valence-corrected chi connectivity index (χ3v) is 3.64. The smallest absolute Gasteiger partial charge is 0.0104 e.